The van der Waals surface area contributed by atoms with E-state index in [1.807, 2.05) is 23.6 Å². The van der Waals surface area contributed by atoms with Gasteiger partial charge in [0.2, 0.25) is 5.95 Å². The van der Waals surface area contributed by atoms with Crippen molar-refractivity contribution in [2.45, 2.75) is 26.8 Å². The number of aromatic nitrogens is 2. The third kappa shape index (κ3) is 5.29. The quantitative estimate of drug-likeness (QED) is 0.703. The Labute approximate surface area is 153 Å². The molecule has 2 rings (SSSR count). The summed E-state index contributed by atoms with van der Waals surface area (Å²) in [6, 6.07) is 0.114. The van der Waals surface area contributed by atoms with Crippen LogP contribution in [0.15, 0.2) is 6.20 Å². The minimum absolute atomic E-state index is 0.114. The van der Waals surface area contributed by atoms with Gasteiger partial charge in [0.25, 0.3) is 0 Å². The number of carbonyl (C=O) groups is 2. The highest BCUT2D eigenvalue weighted by molar-refractivity contribution is 5.94. The average molecular weight is 365 g/mol. The molecule has 2 heterocycles. The molecule has 0 aromatic carbocycles. The molecule has 1 aliphatic rings. The molecule has 0 bridgehead atoms. The number of rotatable bonds is 7. The van der Waals surface area contributed by atoms with E-state index in [0.717, 1.165) is 0 Å². The van der Waals surface area contributed by atoms with Crippen molar-refractivity contribution in [2.24, 2.45) is 0 Å². The summed E-state index contributed by atoms with van der Waals surface area (Å²) in [6.07, 6.45) is 1.49. The molecule has 0 spiro atoms. The van der Waals surface area contributed by atoms with E-state index >= 15 is 0 Å². The first kappa shape index (κ1) is 19.9. The number of carbonyl (C=O) groups excluding carboxylic acids is 2. The largest absolute Gasteiger partial charge is 0.465 e. The highest BCUT2D eigenvalue weighted by Crippen LogP contribution is 2.19. The molecule has 0 atom stereocenters. The molecule has 0 unspecified atom stereocenters. The lowest BCUT2D eigenvalue weighted by molar-refractivity contribution is -0.144. The van der Waals surface area contributed by atoms with Crippen molar-refractivity contribution in [1.82, 2.24) is 14.9 Å². The molecule has 1 aliphatic heterocycles. The summed E-state index contributed by atoms with van der Waals surface area (Å²) in [5.41, 5.74) is 0.311. The van der Waals surface area contributed by atoms with Gasteiger partial charge >= 0.3 is 11.9 Å². The Morgan fingerprint density at radius 2 is 1.96 bits per heavy atom. The van der Waals surface area contributed by atoms with Crippen LogP contribution in [-0.4, -0.2) is 79.3 Å². The van der Waals surface area contributed by atoms with Gasteiger partial charge in [-0.05, 0) is 20.8 Å². The number of nitrogens with zero attached hydrogens (tertiary/aromatic N) is 4. The minimum atomic E-state index is -0.473. The molecule has 1 saturated heterocycles. The van der Waals surface area contributed by atoms with Crippen LogP contribution in [-0.2, 0) is 14.3 Å². The molecular formula is C17H27N5O4. The topological polar surface area (TPSA) is 96.9 Å². The number of esters is 2. The number of methoxy groups -OCH3 is 1. The van der Waals surface area contributed by atoms with Gasteiger partial charge in [0.1, 0.15) is 11.4 Å². The van der Waals surface area contributed by atoms with Crippen molar-refractivity contribution in [1.29, 1.82) is 0 Å². The van der Waals surface area contributed by atoms with E-state index in [2.05, 4.69) is 15.3 Å². The number of hydrogen-bond donors (Lipinski definition) is 1. The van der Waals surface area contributed by atoms with Crippen LogP contribution in [0.3, 0.4) is 0 Å². The Balaban J connectivity index is 2.05. The predicted molar refractivity (Wildman–Crippen MR) is 97.4 cm³/mol. The van der Waals surface area contributed by atoms with Gasteiger partial charge in [-0.3, -0.25) is 9.69 Å². The van der Waals surface area contributed by atoms with Crippen LogP contribution in [0.1, 0.15) is 31.1 Å². The zero-order valence-electron chi connectivity index (χ0n) is 15.8. The van der Waals surface area contributed by atoms with Crippen LogP contribution in [0.2, 0.25) is 0 Å². The number of anilines is 2. The predicted octanol–water partition coefficient (Wildman–Crippen LogP) is 0.769. The second-order valence-corrected chi connectivity index (χ2v) is 6.29. The summed E-state index contributed by atoms with van der Waals surface area (Å²) in [7, 11) is 1.33. The summed E-state index contributed by atoms with van der Waals surface area (Å²) in [6.45, 7) is 9.24. The summed E-state index contributed by atoms with van der Waals surface area (Å²) < 4.78 is 9.78. The van der Waals surface area contributed by atoms with Crippen LogP contribution in [0.4, 0.5) is 11.8 Å². The number of hydrogen-bond acceptors (Lipinski definition) is 9. The van der Waals surface area contributed by atoms with E-state index in [1.165, 1.54) is 13.3 Å². The van der Waals surface area contributed by atoms with Gasteiger partial charge < -0.3 is 19.7 Å². The normalized spacial score (nSPS) is 15.0. The molecule has 9 nitrogen and oxygen atoms in total. The molecule has 0 saturated carbocycles. The number of nitrogens with one attached hydrogen (secondary N) is 1. The maximum Gasteiger partial charge on any atom is 0.343 e. The molecule has 0 radical (unpaired) electrons. The summed E-state index contributed by atoms with van der Waals surface area (Å²) >= 11 is 0. The monoisotopic (exact) mass is 365 g/mol. The van der Waals surface area contributed by atoms with Gasteiger partial charge in [-0.1, -0.05) is 0 Å². The molecule has 1 aromatic heterocycles. The molecule has 1 aromatic rings. The van der Waals surface area contributed by atoms with Gasteiger partial charge in [0, 0.05) is 38.4 Å². The van der Waals surface area contributed by atoms with Gasteiger partial charge in [-0.15, -0.1) is 0 Å². The Morgan fingerprint density at radius 3 is 2.54 bits per heavy atom. The van der Waals surface area contributed by atoms with E-state index in [9.17, 15) is 9.59 Å². The Morgan fingerprint density at radius 1 is 1.27 bits per heavy atom. The third-order valence-electron chi connectivity index (χ3n) is 3.92. The smallest absolute Gasteiger partial charge is 0.343 e. The summed E-state index contributed by atoms with van der Waals surface area (Å²) in [5, 5.41) is 3.17. The lowest BCUT2D eigenvalue weighted by Gasteiger charge is -2.34. The van der Waals surface area contributed by atoms with Gasteiger partial charge in [0.15, 0.2) is 0 Å². The summed E-state index contributed by atoms with van der Waals surface area (Å²) in [4.78, 5) is 36.4. The Kier molecular flexibility index (Phi) is 7.14. The molecule has 0 aliphatic carbocycles. The minimum Gasteiger partial charge on any atom is -0.465 e. The first-order valence-electron chi connectivity index (χ1n) is 8.79. The second kappa shape index (κ2) is 9.33. The van der Waals surface area contributed by atoms with E-state index in [1.54, 1.807) is 6.92 Å². The highest BCUT2D eigenvalue weighted by atomic mass is 16.5. The first-order chi connectivity index (χ1) is 12.4. The van der Waals surface area contributed by atoms with E-state index < -0.39 is 5.97 Å². The van der Waals surface area contributed by atoms with Crippen molar-refractivity contribution in [2.75, 3.05) is 56.7 Å². The summed E-state index contributed by atoms with van der Waals surface area (Å²) in [5.74, 6) is 0.337. The Bertz CT molecular complexity index is 630. The molecule has 1 fully saturated rings. The zero-order valence-corrected chi connectivity index (χ0v) is 15.8. The third-order valence-corrected chi connectivity index (χ3v) is 3.92. The van der Waals surface area contributed by atoms with Gasteiger partial charge in [0.05, 0.1) is 20.3 Å². The molecule has 144 valence electrons. The Hall–Kier alpha value is -2.42. The number of ether oxygens (including phenoxy) is 2. The lowest BCUT2D eigenvalue weighted by atomic mass is 10.2. The lowest BCUT2D eigenvalue weighted by Crippen LogP contribution is -2.48. The fourth-order valence-corrected chi connectivity index (χ4v) is 2.66. The zero-order chi connectivity index (χ0) is 19.1. The van der Waals surface area contributed by atoms with Gasteiger partial charge in [-0.25, -0.2) is 9.78 Å². The van der Waals surface area contributed by atoms with E-state index in [-0.39, 0.29) is 12.0 Å². The van der Waals surface area contributed by atoms with Crippen molar-refractivity contribution in [3.63, 3.8) is 0 Å². The van der Waals surface area contributed by atoms with Crippen LogP contribution >= 0.6 is 0 Å². The molecular weight excluding hydrogens is 338 g/mol. The van der Waals surface area contributed by atoms with Crippen molar-refractivity contribution in [3.8, 4) is 0 Å². The van der Waals surface area contributed by atoms with Crippen molar-refractivity contribution in [3.05, 3.63) is 11.8 Å². The average Bonchev–Trinajstić information content (AvgIpc) is 2.61. The molecule has 0 amide bonds. The molecule has 26 heavy (non-hydrogen) atoms. The van der Waals surface area contributed by atoms with Crippen molar-refractivity contribution >= 4 is 23.7 Å². The fourth-order valence-electron chi connectivity index (χ4n) is 2.66. The van der Waals surface area contributed by atoms with Crippen molar-refractivity contribution < 1.29 is 19.1 Å². The number of piperazine rings is 1. The molecule has 9 heteroatoms. The van der Waals surface area contributed by atoms with Crippen LogP contribution in [0.25, 0.3) is 0 Å². The van der Waals surface area contributed by atoms with Crippen LogP contribution < -0.4 is 10.2 Å². The van der Waals surface area contributed by atoms with Crippen LogP contribution in [0, 0.1) is 0 Å². The maximum absolute atomic E-state index is 11.9. The fraction of sp³-hybridized carbons (Fsp3) is 0.647. The second-order valence-electron chi connectivity index (χ2n) is 6.29. The highest BCUT2D eigenvalue weighted by Gasteiger charge is 2.23. The standard InChI is InChI=1S/C17H27N5O4/c1-5-26-14(23)11-21-6-8-22(9-7-21)17-18-10-13(16(24)25-4)15(20-17)19-12(2)3/h10,12H,5-9,11H2,1-4H3,(H,18,19,20). The van der Waals surface area contributed by atoms with Crippen LogP contribution in [0.5, 0.6) is 0 Å². The van der Waals surface area contributed by atoms with E-state index in [4.69, 9.17) is 9.47 Å². The van der Waals surface area contributed by atoms with E-state index in [0.29, 0.717) is 56.7 Å². The molecule has 1 N–H and O–H groups in total. The first-order valence-corrected chi connectivity index (χ1v) is 8.79. The SMILES string of the molecule is CCOC(=O)CN1CCN(c2ncc(C(=O)OC)c(NC(C)C)n2)CC1. The maximum atomic E-state index is 11.9. The van der Waals surface area contributed by atoms with Gasteiger partial charge in [-0.2, -0.15) is 4.98 Å².